The summed E-state index contributed by atoms with van der Waals surface area (Å²) in [7, 11) is 0. The fourth-order valence-electron chi connectivity index (χ4n) is 3.36. The van der Waals surface area contributed by atoms with Crippen LogP contribution >= 0.6 is 0 Å². The third-order valence-corrected chi connectivity index (χ3v) is 4.25. The Morgan fingerprint density at radius 2 is 1.95 bits per heavy atom. The largest absolute Gasteiger partial charge is 0.465 e. The van der Waals surface area contributed by atoms with E-state index in [1.807, 2.05) is 20.8 Å². The van der Waals surface area contributed by atoms with Crippen LogP contribution in [0, 0.1) is 5.92 Å². The van der Waals surface area contributed by atoms with E-state index in [0.29, 0.717) is 18.6 Å². The van der Waals surface area contributed by atoms with E-state index in [1.54, 1.807) is 0 Å². The minimum Gasteiger partial charge on any atom is -0.465 e. The highest BCUT2D eigenvalue weighted by molar-refractivity contribution is 5.80. The molecule has 0 aromatic carbocycles. The number of nitrogens with zero attached hydrogens (tertiary/aromatic N) is 1. The van der Waals surface area contributed by atoms with E-state index in [-0.39, 0.29) is 5.97 Å². The number of ether oxygens (including phenoxy) is 1. The van der Waals surface area contributed by atoms with Crippen LogP contribution in [0.15, 0.2) is 0 Å². The lowest BCUT2D eigenvalue weighted by molar-refractivity contribution is -0.151. The summed E-state index contributed by atoms with van der Waals surface area (Å²) < 4.78 is 5.30. The molecule has 0 aromatic heterocycles. The third kappa shape index (κ3) is 5.59. The number of hydrogen-bond acceptors (Lipinski definition) is 4. The van der Waals surface area contributed by atoms with E-state index in [2.05, 4.69) is 24.1 Å². The summed E-state index contributed by atoms with van der Waals surface area (Å²) in [6.07, 6.45) is 5.16. The molecule has 0 heterocycles. The highest BCUT2D eigenvalue weighted by Gasteiger charge is 2.38. The molecular formula is C17H34N2O2. The van der Waals surface area contributed by atoms with Crippen LogP contribution in [0.1, 0.15) is 60.3 Å². The number of rotatable bonds is 9. The molecule has 1 unspecified atom stereocenters. The highest BCUT2D eigenvalue weighted by Crippen LogP contribution is 2.26. The van der Waals surface area contributed by atoms with Gasteiger partial charge in [-0.2, -0.15) is 0 Å². The maximum absolute atomic E-state index is 12.4. The van der Waals surface area contributed by atoms with Crippen LogP contribution < -0.4 is 5.32 Å². The molecule has 0 spiro atoms. The van der Waals surface area contributed by atoms with Gasteiger partial charge in [-0.05, 0) is 39.2 Å². The summed E-state index contributed by atoms with van der Waals surface area (Å²) >= 11 is 0. The van der Waals surface area contributed by atoms with Crippen LogP contribution in [0.25, 0.3) is 0 Å². The Morgan fingerprint density at radius 3 is 2.43 bits per heavy atom. The molecule has 0 aliphatic heterocycles. The molecule has 1 aliphatic carbocycles. The van der Waals surface area contributed by atoms with Gasteiger partial charge in [-0.25, -0.2) is 0 Å². The monoisotopic (exact) mass is 298 g/mol. The second-order valence-electron chi connectivity index (χ2n) is 6.84. The lowest BCUT2D eigenvalue weighted by Gasteiger charge is -2.38. The minimum absolute atomic E-state index is 0.126. The van der Waals surface area contributed by atoms with Crippen LogP contribution in [-0.4, -0.2) is 48.7 Å². The van der Waals surface area contributed by atoms with Gasteiger partial charge in [0, 0.05) is 19.1 Å². The fourth-order valence-corrected chi connectivity index (χ4v) is 3.36. The lowest BCUT2D eigenvalue weighted by atomic mass is 9.99. The Kier molecular flexibility index (Phi) is 7.67. The minimum atomic E-state index is -0.609. The van der Waals surface area contributed by atoms with Crippen LogP contribution in [0.2, 0.25) is 0 Å². The van der Waals surface area contributed by atoms with Gasteiger partial charge in [0.25, 0.3) is 0 Å². The van der Waals surface area contributed by atoms with Crippen molar-refractivity contribution in [2.45, 2.75) is 71.9 Å². The highest BCUT2D eigenvalue weighted by atomic mass is 16.5. The molecule has 1 saturated carbocycles. The Labute approximate surface area is 130 Å². The SMILES string of the molecule is CCNC(C)(CN(CC(C)C)C1CCCC1)C(=O)OCC. The van der Waals surface area contributed by atoms with Crippen molar-refractivity contribution < 1.29 is 9.53 Å². The first kappa shape index (κ1) is 18.4. The van der Waals surface area contributed by atoms with Gasteiger partial charge in [0.05, 0.1) is 6.61 Å². The van der Waals surface area contributed by atoms with Crippen LogP contribution in [0.3, 0.4) is 0 Å². The number of carbonyl (C=O) groups is 1. The van der Waals surface area contributed by atoms with Crippen molar-refractivity contribution in [3.8, 4) is 0 Å². The fraction of sp³-hybridized carbons (Fsp3) is 0.941. The summed E-state index contributed by atoms with van der Waals surface area (Å²) in [5.74, 6) is 0.484. The Balaban J connectivity index is 2.81. The summed E-state index contributed by atoms with van der Waals surface area (Å²) in [5, 5.41) is 3.35. The van der Waals surface area contributed by atoms with Crippen molar-refractivity contribution in [1.82, 2.24) is 10.2 Å². The van der Waals surface area contributed by atoms with E-state index in [1.165, 1.54) is 25.7 Å². The normalized spacial score (nSPS) is 19.2. The number of hydrogen-bond donors (Lipinski definition) is 1. The van der Waals surface area contributed by atoms with Gasteiger partial charge >= 0.3 is 5.97 Å². The van der Waals surface area contributed by atoms with Crippen LogP contribution in [0.5, 0.6) is 0 Å². The summed E-state index contributed by atoms with van der Waals surface area (Å²) in [6, 6.07) is 0.625. The Morgan fingerprint density at radius 1 is 1.33 bits per heavy atom. The van der Waals surface area contributed by atoms with Gasteiger partial charge < -0.3 is 10.1 Å². The first-order valence-corrected chi connectivity index (χ1v) is 8.59. The van der Waals surface area contributed by atoms with Gasteiger partial charge in [-0.1, -0.05) is 33.6 Å². The molecule has 0 saturated heterocycles. The molecule has 1 fully saturated rings. The zero-order valence-electron chi connectivity index (χ0n) is 14.6. The Bertz CT molecular complexity index is 314. The van der Waals surface area contributed by atoms with Gasteiger partial charge in [0.2, 0.25) is 0 Å². The van der Waals surface area contributed by atoms with Crippen molar-refractivity contribution in [3.05, 3.63) is 0 Å². The number of nitrogens with one attached hydrogen (secondary N) is 1. The second kappa shape index (κ2) is 8.74. The summed E-state index contributed by atoms with van der Waals surface area (Å²) in [4.78, 5) is 14.9. The molecule has 4 nitrogen and oxygen atoms in total. The number of carbonyl (C=O) groups excluding carboxylic acids is 1. The van der Waals surface area contributed by atoms with Crippen molar-refractivity contribution in [1.29, 1.82) is 0 Å². The predicted octanol–water partition coefficient (Wildman–Crippen LogP) is 2.82. The van der Waals surface area contributed by atoms with Gasteiger partial charge in [0.15, 0.2) is 0 Å². The Hall–Kier alpha value is -0.610. The van der Waals surface area contributed by atoms with E-state index < -0.39 is 5.54 Å². The zero-order chi connectivity index (χ0) is 15.9. The van der Waals surface area contributed by atoms with Crippen LogP contribution in [-0.2, 0) is 9.53 Å². The molecule has 0 aromatic rings. The summed E-state index contributed by atoms with van der Waals surface area (Å²) in [5.41, 5.74) is -0.609. The first-order valence-electron chi connectivity index (χ1n) is 8.59. The molecule has 1 N–H and O–H groups in total. The van der Waals surface area contributed by atoms with Crippen LogP contribution in [0.4, 0.5) is 0 Å². The molecule has 0 amide bonds. The second-order valence-corrected chi connectivity index (χ2v) is 6.84. The molecule has 0 bridgehead atoms. The summed E-state index contributed by atoms with van der Waals surface area (Å²) in [6.45, 7) is 13.4. The third-order valence-electron chi connectivity index (χ3n) is 4.25. The average Bonchev–Trinajstić information content (AvgIpc) is 2.91. The van der Waals surface area contributed by atoms with E-state index >= 15 is 0 Å². The van der Waals surface area contributed by atoms with Gasteiger partial charge in [0.1, 0.15) is 5.54 Å². The number of likely N-dealkylation sites (N-methyl/N-ethyl adjacent to an activating group) is 1. The molecule has 1 aliphatic rings. The molecule has 0 radical (unpaired) electrons. The van der Waals surface area contributed by atoms with E-state index in [9.17, 15) is 4.79 Å². The lowest BCUT2D eigenvalue weighted by Crippen LogP contribution is -2.59. The van der Waals surface area contributed by atoms with E-state index in [4.69, 9.17) is 4.74 Å². The molecular weight excluding hydrogens is 264 g/mol. The van der Waals surface area contributed by atoms with Crippen molar-refractivity contribution >= 4 is 5.97 Å². The van der Waals surface area contributed by atoms with Gasteiger partial charge in [-0.15, -0.1) is 0 Å². The molecule has 1 rings (SSSR count). The predicted molar refractivity (Wildman–Crippen MR) is 87.4 cm³/mol. The van der Waals surface area contributed by atoms with E-state index in [0.717, 1.165) is 19.6 Å². The molecule has 1 atom stereocenters. The van der Waals surface area contributed by atoms with Gasteiger partial charge in [-0.3, -0.25) is 9.69 Å². The molecule has 4 heteroatoms. The maximum atomic E-state index is 12.4. The topological polar surface area (TPSA) is 41.6 Å². The maximum Gasteiger partial charge on any atom is 0.327 e. The average molecular weight is 298 g/mol. The molecule has 124 valence electrons. The van der Waals surface area contributed by atoms with Crippen molar-refractivity contribution in [3.63, 3.8) is 0 Å². The number of esters is 1. The zero-order valence-corrected chi connectivity index (χ0v) is 14.6. The van der Waals surface area contributed by atoms with Crippen molar-refractivity contribution in [2.24, 2.45) is 5.92 Å². The standard InChI is InChI=1S/C17H34N2O2/c1-6-18-17(5,16(20)21-7-2)13-19(12-14(3)4)15-10-8-9-11-15/h14-15,18H,6-13H2,1-5H3. The smallest absolute Gasteiger partial charge is 0.327 e. The first-order chi connectivity index (χ1) is 9.92. The molecule has 21 heavy (non-hydrogen) atoms. The van der Waals surface area contributed by atoms with Crippen molar-refractivity contribution in [2.75, 3.05) is 26.2 Å². The quantitative estimate of drug-likeness (QED) is 0.665.